The maximum Gasteiger partial charge on any atom is 4.00 e. The number of rotatable bonds is 14. The second kappa shape index (κ2) is 31.5. The molecule has 2 heterocycles. The third-order valence-electron chi connectivity index (χ3n) is 15.5. The van der Waals surface area contributed by atoms with E-state index in [1.807, 2.05) is 12.1 Å². The van der Waals surface area contributed by atoms with Gasteiger partial charge in [0.1, 0.15) is 0 Å². The van der Waals surface area contributed by atoms with Gasteiger partial charge < -0.3 is 50.3 Å². The van der Waals surface area contributed by atoms with Crippen LogP contribution in [0, 0.1) is 41.8 Å². The third kappa shape index (κ3) is 14.8. The Morgan fingerprint density at radius 3 is 1.07 bits per heavy atom. The predicted octanol–water partition coefficient (Wildman–Crippen LogP) is 23.6. The van der Waals surface area contributed by atoms with Gasteiger partial charge in [0.15, 0.2) is 0 Å². The van der Waals surface area contributed by atoms with Crippen LogP contribution in [0.5, 0.6) is 0 Å². The summed E-state index contributed by atoms with van der Waals surface area (Å²) in [6.45, 7) is 18.0. The standard InChI is InChI=1S/C42H36N2.C34H32N2.4CH3.2Hf/c1-27(2)32-21-12-22-33(28(3)4)41(32)44-42(40-35-19-9-6-15-30(35)26-31-16-7-10-20-36(31)40)39-25-13-24-38(43-39)37-23-11-17-29-14-5-8-18-34(29)37;1-23(2)27-18-11-19-28(24(3)4)34(27)36-33(26-14-6-5-7-15-26)32-22-12-21-31(35-32)30-20-10-16-25-13-8-9-17-29(25)30;;;;;;/h5-22,24-28,42H,1-4H3;5-19,21-24,33H,1-4H3;4*1H3;;/q2*-2;4*-1;2*+4. The van der Waals surface area contributed by atoms with Crippen molar-refractivity contribution >= 4 is 54.5 Å². The number of hydrogen-bond acceptors (Lipinski definition) is 2. The average molecular weight is 1450 g/mol. The molecule has 0 radical (unpaired) electrons. The molecule has 0 spiro atoms. The molecule has 0 saturated heterocycles. The van der Waals surface area contributed by atoms with E-state index in [1.54, 1.807) is 0 Å². The number of benzene rings is 10. The van der Waals surface area contributed by atoms with Crippen molar-refractivity contribution in [3.8, 4) is 22.5 Å². The van der Waals surface area contributed by atoms with Crippen LogP contribution in [0.2, 0.25) is 0 Å². The van der Waals surface area contributed by atoms with Crippen LogP contribution in [0.1, 0.15) is 136 Å². The van der Waals surface area contributed by atoms with Crippen LogP contribution < -0.4 is 0 Å². The van der Waals surface area contributed by atoms with Crippen molar-refractivity contribution in [2.24, 2.45) is 0 Å². The number of hydrogen-bond donors (Lipinski definition) is 0. The van der Waals surface area contributed by atoms with Gasteiger partial charge in [-0.15, -0.1) is 69.7 Å². The molecule has 0 saturated carbocycles. The second-order valence-electron chi connectivity index (χ2n) is 22.2. The van der Waals surface area contributed by atoms with E-state index in [4.69, 9.17) is 20.6 Å². The Morgan fingerprint density at radius 1 is 0.326 bits per heavy atom. The SMILES string of the molecule is CC(C)c1cccc(C(C)C)c1[N-]C(c1cccc(-c2[c-]ccc3ccccc23)n1)c1c2ccccc2cc2ccccc12.CC(C)c1cccc(C(C)C)c1[N-]C(c1ccccc1)c1cccc(-c2[c-]ccc3ccccc23)n1.[CH3-].[CH3-].[CH3-].[CH3-].[Hf+4].[Hf+4]. The van der Waals surface area contributed by atoms with E-state index in [2.05, 4.69) is 286 Å². The van der Waals surface area contributed by atoms with Gasteiger partial charge in [-0.05, 0) is 92.5 Å². The Morgan fingerprint density at radius 2 is 0.663 bits per heavy atom. The maximum absolute atomic E-state index is 5.77. The van der Waals surface area contributed by atoms with Crippen LogP contribution in [-0.2, 0) is 51.7 Å². The monoisotopic (exact) mass is 1460 g/mol. The Kier molecular flexibility index (Phi) is 25.5. The summed E-state index contributed by atoms with van der Waals surface area (Å²) in [4.78, 5) is 10.6. The molecule has 428 valence electrons. The molecule has 2 aromatic heterocycles. The van der Waals surface area contributed by atoms with Gasteiger partial charge >= 0.3 is 51.7 Å². The van der Waals surface area contributed by atoms with Crippen molar-refractivity contribution in [1.82, 2.24) is 9.97 Å². The van der Waals surface area contributed by atoms with Gasteiger partial charge in [-0.1, -0.05) is 282 Å². The minimum atomic E-state index is -0.321. The van der Waals surface area contributed by atoms with Crippen LogP contribution >= 0.6 is 0 Å². The third-order valence-corrected chi connectivity index (χ3v) is 15.5. The Labute approximate surface area is 553 Å². The molecule has 6 heteroatoms. The number of pyridine rings is 2. The van der Waals surface area contributed by atoms with Crippen molar-refractivity contribution in [2.45, 2.75) is 91.1 Å². The van der Waals surface area contributed by atoms with E-state index in [0.29, 0.717) is 23.7 Å². The van der Waals surface area contributed by atoms with E-state index in [0.717, 1.165) is 61.6 Å². The van der Waals surface area contributed by atoms with Crippen molar-refractivity contribution in [2.75, 3.05) is 0 Å². The molecule has 4 nitrogen and oxygen atoms in total. The van der Waals surface area contributed by atoms with Crippen LogP contribution in [0.3, 0.4) is 0 Å². The van der Waals surface area contributed by atoms with Gasteiger partial charge in [0, 0.05) is 11.4 Å². The second-order valence-corrected chi connectivity index (χ2v) is 22.2. The largest absolute Gasteiger partial charge is 4.00 e. The van der Waals surface area contributed by atoms with Gasteiger partial charge in [0.05, 0.1) is 0 Å². The molecule has 0 fully saturated rings. The summed E-state index contributed by atoms with van der Waals surface area (Å²) in [5, 5.41) is 20.7. The first-order chi connectivity index (χ1) is 39.0. The molecule has 0 aliphatic rings. The van der Waals surface area contributed by atoms with E-state index in [9.17, 15) is 0 Å². The zero-order valence-electron chi connectivity index (χ0n) is 52.2. The Balaban J connectivity index is 0.000000299. The first kappa shape index (κ1) is 69.6. The fraction of sp³-hybridized carbons (Fsp3) is 0.175. The zero-order chi connectivity index (χ0) is 55.3. The first-order valence-corrected chi connectivity index (χ1v) is 28.4. The van der Waals surface area contributed by atoms with E-state index in [-0.39, 0.29) is 93.5 Å². The molecule has 0 aliphatic heterocycles. The molecule has 2 unspecified atom stereocenters. The molecule has 10 aromatic carbocycles. The minimum absolute atomic E-state index is 0. The normalized spacial score (nSPS) is 11.5. The molecule has 0 amide bonds. The molecular formula is C80H80Hf2N4. The number of aromatic nitrogens is 2. The van der Waals surface area contributed by atoms with E-state index < -0.39 is 0 Å². The molecule has 0 bridgehead atoms. The van der Waals surface area contributed by atoms with Gasteiger partial charge in [-0.3, -0.25) is 0 Å². The summed E-state index contributed by atoms with van der Waals surface area (Å²) < 4.78 is 0. The smallest absolute Gasteiger partial charge is 0.673 e. The first-order valence-electron chi connectivity index (χ1n) is 28.4. The van der Waals surface area contributed by atoms with Crippen molar-refractivity contribution in [1.29, 1.82) is 0 Å². The molecular weight excluding hydrogens is 1370 g/mol. The molecule has 2 atom stereocenters. The van der Waals surface area contributed by atoms with Crippen molar-refractivity contribution in [3.63, 3.8) is 0 Å². The van der Waals surface area contributed by atoms with Gasteiger partial charge in [-0.25, -0.2) is 0 Å². The van der Waals surface area contributed by atoms with E-state index >= 15 is 0 Å². The fourth-order valence-electron chi connectivity index (χ4n) is 11.4. The number of para-hydroxylation sites is 2. The van der Waals surface area contributed by atoms with Gasteiger partial charge in [0.25, 0.3) is 0 Å². The number of nitrogens with zero attached hydrogens (tertiary/aromatic N) is 4. The molecule has 12 aromatic rings. The maximum atomic E-state index is 5.77. The summed E-state index contributed by atoms with van der Waals surface area (Å²) in [7, 11) is 0. The zero-order valence-corrected chi connectivity index (χ0v) is 59.4. The quantitative estimate of drug-likeness (QED) is 0.0619. The minimum Gasteiger partial charge on any atom is -0.673 e. The van der Waals surface area contributed by atoms with Gasteiger partial charge in [-0.2, -0.15) is 0 Å². The molecule has 0 aliphatic carbocycles. The van der Waals surface area contributed by atoms with Gasteiger partial charge in [0.2, 0.25) is 0 Å². The predicted molar refractivity (Wildman–Crippen MR) is 365 cm³/mol. The van der Waals surface area contributed by atoms with Crippen molar-refractivity contribution in [3.05, 3.63) is 328 Å². The summed E-state index contributed by atoms with van der Waals surface area (Å²) in [6.07, 6.45) is 0. The Bertz CT molecular complexity index is 4010. The summed E-state index contributed by atoms with van der Waals surface area (Å²) in [6, 6.07) is 87.6. The average Bonchev–Trinajstić information content (AvgIpc) is 3.68. The summed E-state index contributed by atoms with van der Waals surface area (Å²) in [5.41, 5.74) is 15.3. The summed E-state index contributed by atoms with van der Waals surface area (Å²) in [5.74, 6) is 1.43. The molecule has 12 rings (SSSR count). The van der Waals surface area contributed by atoms with E-state index in [1.165, 1.54) is 60.1 Å². The number of fused-ring (bicyclic) bond motifs is 4. The van der Waals surface area contributed by atoms with Crippen LogP contribution in [0.25, 0.3) is 76.2 Å². The van der Waals surface area contributed by atoms with Crippen LogP contribution in [0.4, 0.5) is 11.4 Å². The Hall–Kier alpha value is -7.12. The topological polar surface area (TPSA) is 54.0 Å². The molecule has 0 N–H and O–H groups in total. The fourth-order valence-corrected chi connectivity index (χ4v) is 11.4. The van der Waals surface area contributed by atoms with Crippen LogP contribution in [-0.4, -0.2) is 9.97 Å². The van der Waals surface area contributed by atoms with Crippen LogP contribution in [0.15, 0.2) is 231 Å². The van der Waals surface area contributed by atoms with Crippen molar-refractivity contribution < 1.29 is 51.7 Å². The molecule has 86 heavy (non-hydrogen) atoms. The summed E-state index contributed by atoms with van der Waals surface area (Å²) >= 11 is 0.